The van der Waals surface area contributed by atoms with Crippen LogP contribution in [0, 0.1) is 0 Å². The third kappa shape index (κ3) is 7.83. The first-order valence-electron chi connectivity index (χ1n) is 13.4. The molecule has 1 aromatic heterocycles. The maximum absolute atomic E-state index is 6.11. The molecular weight excluding hydrogens is 502 g/mol. The molecule has 9 heteroatoms. The highest BCUT2D eigenvalue weighted by Crippen LogP contribution is 2.39. The van der Waals surface area contributed by atoms with E-state index in [-0.39, 0.29) is 5.92 Å². The first kappa shape index (κ1) is 27.2. The van der Waals surface area contributed by atoms with Crippen LogP contribution in [0.25, 0.3) is 0 Å². The summed E-state index contributed by atoms with van der Waals surface area (Å²) in [5, 5.41) is 0. The molecule has 9 nitrogen and oxygen atoms in total. The topological polar surface area (TPSA) is 86.7 Å². The Hall–Kier alpha value is -3.37. The number of pyridine rings is 1. The van der Waals surface area contributed by atoms with Crippen molar-refractivity contribution in [1.82, 2.24) is 4.98 Å². The van der Waals surface area contributed by atoms with Crippen LogP contribution in [-0.4, -0.2) is 84.3 Å². The summed E-state index contributed by atoms with van der Waals surface area (Å²) in [6.45, 7) is 5.70. The maximum atomic E-state index is 6.11. The predicted molar refractivity (Wildman–Crippen MR) is 143 cm³/mol. The molecule has 5 rings (SSSR count). The monoisotopic (exact) mass is 537 g/mol. The van der Waals surface area contributed by atoms with Crippen molar-refractivity contribution in [3.63, 3.8) is 0 Å². The summed E-state index contributed by atoms with van der Waals surface area (Å²) < 4.78 is 46.5. The van der Waals surface area contributed by atoms with Crippen LogP contribution in [-0.2, 0) is 18.9 Å². The van der Waals surface area contributed by atoms with Gasteiger partial charge in [-0.15, -0.1) is 0 Å². The van der Waals surface area contributed by atoms with E-state index in [0.29, 0.717) is 102 Å². The van der Waals surface area contributed by atoms with Crippen LogP contribution in [0.5, 0.6) is 23.0 Å². The third-order valence-electron chi connectivity index (χ3n) is 6.27. The molecule has 208 valence electrons. The van der Waals surface area contributed by atoms with Crippen molar-refractivity contribution in [2.24, 2.45) is 0 Å². The molecule has 0 spiro atoms. The number of aromatic nitrogens is 1. The van der Waals surface area contributed by atoms with Crippen molar-refractivity contribution >= 4 is 0 Å². The smallest absolute Gasteiger partial charge is 0.161 e. The molecule has 0 radical (unpaired) electrons. The summed E-state index contributed by atoms with van der Waals surface area (Å²) in [4.78, 5) is 4.71. The average molecular weight is 538 g/mol. The van der Waals surface area contributed by atoms with Crippen LogP contribution in [0.4, 0.5) is 0 Å². The lowest BCUT2D eigenvalue weighted by atomic mass is 9.87. The van der Waals surface area contributed by atoms with E-state index in [4.69, 9.17) is 42.9 Å². The van der Waals surface area contributed by atoms with Gasteiger partial charge in [-0.25, -0.2) is 0 Å². The lowest BCUT2D eigenvalue weighted by molar-refractivity contribution is 0.0223. The largest absolute Gasteiger partial charge is 0.487 e. The first-order chi connectivity index (χ1) is 19.4. The van der Waals surface area contributed by atoms with E-state index in [2.05, 4.69) is 0 Å². The Morgan fingerprint density at radius 1 is 0.462 bits per heavy atom. The van der Waals surface area contributed by atoms with Crippen LogP contribution in [0.2, 0.25) is 0 Å². The van der Waals surface area contributed by atoms with Gasteiger partial charge in [-0.3, -0.25) is 4.98 Å². The summed E-state index contributed by atoms with van der Waals surface area (Å²) in [5.41, 5.74) is 2.91. The van der Waals surface area contributed by atoms with Gasteiger partial charge in [-0.05, 0) is 47.5 Å². The zero-order valence-corrected chi connectivity index (χ0v) is 22.0. The molecule has 0 fully saturated rings. The van der Waals surface area contributed by atoms with E-state index in [0.717, 1.165) is 16.8 Å². The molecule has 2 aliphatic rings. The fourth-order valence-corrected chi connectivity index (χ4v) is 4.44. The van der Waals surface area contributed by atoms with E-state index in [9.17, 15) is 0 Å². The Labute approximate surface area is 228 Å². The molecule has 0 unspecified atom stereocenters. The number of rotatable bonds is 3. The van der Waals surface area contributed by atoms with Gasteiger partial charge in [0.2, 0.25) is 0 Å². The van der Waals surface area contributed by atoms with E-state index < -0.39 is 0 Å². The average Bonchev–Trinajstić information content (AvgIpc) is 2.95. The number of ether oxygens (including phenoxy) is 8. The van der Waals surface area contributed by atoms with Crippen molar-refractivity contribution in [3.8, 4) is 23.0 Å². The van der Waals surface area contributed by atoms with Gasteiger partial charge in [-0.2, -0.15) is 0 Å². The quantitative estimate of drug-likeness (QED) is 0.494. The molecule has 0 bridgehead atoms. The zero-order valence-electron chi connectivity index (χ0n) is 22.0. The standard InChI is InChI=1S/C30H35NO8/c1-2-8-31-25(3-1)30(23-4-6-26-28(21-23)38-19-15-34-11-9-32-13-17-36-26)24-5-7-27-29(22-24)39-20-16-35-12-10-33-14-18-37-27/h1-8,21-22,30H,9-20H2. The van der Waals surface area contributed by atoms with Crippen LogP contribution in [0.15, 0.2) is 60.8 Å². The van der Waals surface area contributed by atoms with Crippen LogP contribution < -0.4 is 18.9 Å². The van der Waals surface area contributed by atoms with Crippen molar-refractivity contribution in [2.75, 3.05) is 79.3 Å². The lowest BCUT2D eigenvalue weighted by Crippen LogP contribution is -2.16. The Kier molecular flexibility index (Phi) is 10.2. The Morgan fingerprint density at radius 3 is 1.33 bits per heavy atom. The van der Waals surface area contributed by atoms with Gasteiger partial charge in [-0.1, -0.05) is 18.2 Å². The van der Waals surface area contributed by atoms with Gasteiger partial charge in [0.15, 0.2) is 23.0 Å². The summed E-state index contributed by atoms with van der Waals surface area (Å²) in [7, 11) is 0. The van der Waals surface area contributed by atoms with Gasteiger partial charge in [0, 0.05) is 6.20 Å². The number of benzene rings is 2. The summed E-state index contributed by atoms with van der Waals surface area (Å²) in [6.07, 6.45) is 1.80. The number of hydrogen-bond donors (Lipinski definition) is 0. The third-order valence-corrected chi connectivity index (χ3v) is 6.27. The SMILES string of the molecule is c1ccc(C(c2ccc3c(c2)OCCOCCOCCO3)c2ccc3c(c2)OCCOCCOCCO3)nc1. The van der Waals surface area contributed by atoms with Crippen molar-refractivity contribution in [1.29, 1.82) is 0 Å². The fourth-order valence-electron chi connectivity index (χ4n) is 4.44. The molecule has 2 aliphatic heterocycles. The molecule has 2 aromatic carbocycles. The summed E-state index contributed by atoms with van der Waals surface area (Å²) in [6, 6.07) is 17.9. The van der Waals surface area contributed by atoms with E-state index in [1.165, 1.54) is 0 Å². The summed E-state index contributed by atoms with van der Waals surface area (Å²) >= 11 is 0. The Bertz CT molecular complexity index is 1090. The van der Waals surface area contributed by atoms with Gasteiger partial charge in [0.25, 0.3) is 0 Å². The normalized spacial score (nSPS) is 17.7. The van der Waals surface area contributed by atoms with Crippen LogP contribution in [0.1, 0.15) is 22.7 Å². The highest BCUT2D eigenvalue weighted by molar-refractivity contribution is 5.52. The van der Waals surface area contributed by atoms with Crippen molar-refractivity contribution in [3.05, 3.63) is 77.6 Å². The molecule has 0 amide bonds. The zero-order chi connectivity index (χ0) is 26.5. The van der Waals surface area contributed by atoms with Gasteiger partial charge in [0.05, 0.1) is 64.5 Å². The van der Waals surface area contributed by atoms with Gasteiger partial charge in [0.1, 0.15) is 26.4 Å². The Morgan fingerprint density at radius 2 is 0.897 bits per heavy atom. The molecule has 0 saturated heterocycles. The second-order valence-electron chi connectivity index (χ2n) is 8.94. The molecular formula is C30H35NO8. The molecule has 3 heterocycles. The first-order valence-corrected chi connectivity index (χ1v) is 13.4. The van der Waals surface area contributed by atoms with E-state index in [1.807, 2.05) is 54.6 Å². The van der Waals surface area contributed by atoms with Crippen LogP contribution in [0.3, 0.4) is 0 Å². The van der Waals surface area contributed by atoms with Crippen LogP contribution >= 0.6 is 0 Å². The number of fused-ring (bicyclic) bond motifs is 2. The van der Waals surface area contributed by atoms with Gasteiger partial charge >= 0.3 is 0 Å². The number of hydrogen-bond acceptors (Lipinski definition) is 9. The maximum Gasteiger partial charge on any atom is 0.161 e. The second kappa shape index (κ2) is 14.7. The Balaban J connectivity index is 1.48. The molecule has 0 saturated carbocycles. The van der Waals surface area contributed by atoms with E-state index in [1.54, 1.807) is 6.20 Å². The molecule has 0 aliphatic carbocycles. The molecule has 39 heavy (non-hydrogen) atoms. The highest BCUT2D eigenvalue weighted by Gasteiger charge is 2.22. The molecule has 3 aromatic rings. The van der Waals surface area contributed by atoms with E-state index >= 15 is 0 Å². The molecule has 0 atom stereocenters. The minimum atomic E-state index is -0.184. The predicted octanol–water partition coefficient (Wildman–Crippen LogP) is 3.87. The minimum Gasteiger partial charge on any atom is -0.487 e. The van der Waals surface area contributed by atoms with Crippen molar-refractivity contribution in [2.45, 2.75) is 5.92 Å². The van der Waals surface area contributed by atoms with Crippen molar-refractivity contribution < 1.29 is 37.9 Å². The fraction of sp³-hybridized carbons (Fsp3) is 0.433. The second-order valence-corrected chi connectivity index (χ2v) is 8.94. The number of nitrogens with zero attached hydrogens (tertiary/aromatic N) is 1. The lowest BCUT2D eigenvalue weighted by Gasteiger charge is -2.22. The minimum absolute atomic E-state index is 0.184. The highest BCUT2D eigenvalue weighted by atomic mass is 16.6. The molecule has 0 N–H and O–H groups in total. The summed E-state index contributed by atoms with van der Waals surface area (Å²) in [5.74, 6) is 2.45. The van der Waals surface area contributed by atoms with Gasteiger partial charge < -0.3 is 37.9 Å².